The topological polar surface area (TPSA) is 122 Å². The van der Waals surface area contributed by atoms with Crippen LogP contribution in [0.3, 0.4) is 0 Å². The largest absolute Gasteiger partial charge is 0.444 e. The van der Waals surface area contributed by atoms with Crippen LogP contribution in [0, 0.1) is 6.92 Å². The number of aromatic nitrogens is 3. The van der Waals surface area contributed by atoms with E-state index in [1.165, 1.54) is 0 Å². The third-order valence-corrected chi connectivity index (χ3v) is 8.59. The van der Waals surface area contributed by atoms with Crippen LogP contribution in [0.5, 0.6) is 11.6 Å². The lowest BCUT2D eigenvalue weighted by atomic mass is 9.92. The maximum atomic E-state index is 12.7. The number of anilines is 2. The van der Waals surface area contributed by atoms with E-state index in [1.54, 1.807) is 17.3 Å². The van der Waals surface area contributed by atoms with Gasteiger partial charge in [-0.1, -0.05) is 37.1 Å². The predicted molar refractivity (Wildman–Crippen MR) is 180 cm³/mol. The lowest BCUT2D eigenvalue weighted by Gasteiger charge is -2.34. The van der Waals surface area contributed by atoms with Gasteiger partial charge >= 0.3 is 6.09 Å². The van der Waals surface area contributed by atoms with Crippen molar-refractivity contribution in [2.24, 2.45) is 0 Å². The zero-order chi connectivity index (χ0) is 32.3. The number of amides is 1. The van der Waals surface area contributed by atoms with Crippen molar-refractivity contribution in [1.29, 1.82) is 0 Å². The number of aliphatic hydroxyl groups is 1. The molecule has 2 aliphatic rings. The highest BCUT2D eigenvalue weighted by Crippen LogP contribution is 2.39. The molecular formula is C36H44N6O4. The molecule has 3 N–H and O–H groups in total. The van der Waals surface area contributed by atoms with Crippen molar-refractivity contribution in [1.82, 2.24) is 19.9 Å². The van der Waals surface area contributed by atoms with Crippen LogP contribution in [-0.2, 0) is 4.74 Å². The number of ether oxygens (including phenoxy) is 2. The van der Waals surface area contributed by atoms with Crippen LogP contribution in [0.2, 0.25) is 0 Å². The molecule has 1 aliphatic heterocycles. The van der Waals surface area contributed by atoms with Crippen molar-refractivity contribution in [3.05, 3.63) is 66.5 Å². The van der Waals surface area contributed by atoms with Crippen molar-refractivity contribution >= 4 is 28.5 Å². The number of piperidine rings is 1. The third-order valence-electron chi connectivity index (χ3n) is 8.59. The Labute approximate surface area is 270 Å². The summed E-state index contributed by atoms with van der Waals surface area (Å²) in [5.74, 6) is 1.64. The number of pyridine rings is 1. The Hall–Kier alpha value is -4.44. The summed E-state index contributed by atoms with van der Waals surface area (Å²) in [7, 11) is 0. The van der Waals surface area contributed by atoms with Crippen LogP contribution in [0.1, 0.15) is 64.9 Å². The molecule has 6 rings (SSSR count). The first-order chi connectivity index (χ1) is 22.1. The summed E-state index contributed by atoms with van der Waals surface area (Å²) in [4.78, 5) is 28.3. The molecule has 3 atom stereocenters. The van der Waals surface area contributed by atoms with Gasteiger partial charge in [-0.25, -0.2) is 19.7 Å². The van der Waals surface area contributed by atoms with Crippen molar-refractivity contribution < 1.29 is 19.4 Å². The molecule has 0 bridgehead atoms. The van der Waals surface area contributed by atoms with Gasteiger partial charge < -0.3 is 30.1 Å². The highest BCUT2D eigenvalue weighted by Gasteiger charge is 2.28. The molecule has 0 spiro atoms. The standard InChI is InChI=1S/C36H44N6O4/c1-23-16-17-25-26(11-7-14-28(25)40-30-13-5-6-15-31(30)43)32(23)45-33-27(12-8-19-37-33)29-18-20-38-34(41-29)39-24-10-9-21-42(22-24)35(44)46-36(2,3)4/h7-8,11-12,14,16-20,24,30-31,40,43H,5-6,9-10,13,15,21-22H2,1-4H3,(H,38,39,41)/t24-,30+,31+/m0/s1. The number of nitrogens with zero attached hydrogens (tertiary/aromatic N) is 4. The van der Waals surface area contributed by atoms with E-state index in [1.807, 2.05) is 52.0 Å². The normalized spacial score (nSPS) is 20.3. The van der Waals surface area contributed by atoms with Gasteiger partial charge in [-0.05, 0) is 83.2 Å². The summed E-state index contributed by atoms with van der Waals surface area (Å²) in [5, 5.41) is 19.6. The molecule has 3 heterocycles. The Morgan fingerprint density at radius 3 is 2.61 bits per heavy atom. The van der Waals surface area contributed by atoms with Gasteiger partial charge in [-0.3, -0.25) is 0 Å². The number of aliphatic hydroxyl groups excluding tert-OH is 1. The van der Waals surface area contributed by atoms with Gasteiger partial charge in [0.1, 0.15) is 11.4 Å². The van der Waals surface area contributed by atoms with Gasteiger partial charge in [0.05, 0.1) is 23.4 Å². The number of nitrogens with one attached hydrogen (secondary N) is 2. The number of fused-ring (bicyclic) bond motifs is 1. The van der Waals surface area contributed by atoms with E-state index in [0.717, 1.165) is 71.9 Å². The Kier molecular flexibility index (Phi) is 9.26. The average Bonchev–Trinajstić information content (AvgIpc) is 3.03. The van der Waals surface area contributed by atoms with Gasteiger partial charge in [0, 0.05) is 48.0 Å². The molecule has 0 unspecified atom stereocenters. The zero-order valence-electron chi connectivity index (χ0n) is 27.1. The third kappa shape index (κ3) is 7.33. The van der Waals surface area contributed by atoms with Crippen molar-refractivity contribution in [2.75, 3.05) is 23.7 Å². The molecule has 10 heteroatoms. The first-order valence-electron chi connectivity index (χ1n) is 16.3. The Morgan fingerprint density at radius 1 is 0.935 bits per heavy atom. The molecule has 1 aliphatic carbocycles. The van der Waals surface area contributed by atoms with Crippen LogP contribution >= 0.6 is 0 Å². The van der Waals surface area contributed by atoms with E-state index in [0.29, 0.717) is 30.6 Å². The first kappa shape index (κ1) is 31.5. The van der Waals surface area contributed by atoms with E-state index in [-0.39, 0.29) is 24.3 Å². The number of rotatable bonds is 7. The molecule has 1 amide bonds. The number of benzene rings is 2. The highest BCUT2D eigenvalue weighted by atomic mass is 16.6. The SMILES string of the molecule is Cc1ccc2c(N[C@@H]3CCCC[C@H]3O)cccc2c1Oc1ncccc1-c1ccnc(N[C@H]2CCCN(C(=O)OC(C)(C)C)C2)n1. The molecule has 1 saturated carbocycles. The number of hydrogen-bond donors (Lipinski definition) is 3. The summed E-state index contributed by atoms with van der Waals surface area (Å²) < 4.78 is 12.2. The second-order valence-electron chi connectivity index (χ2n) is 13.3. The molecule has 4 aromatic rings. The monoisotopic (exact) mass is 624 g/mol. The second-order valence-corrected chi connectivity index (χ2v) is 13.3. The fourth-order valence-electron chi connectivity index (χ4n) is 6.29. The van der Waals surface area contributed by atoms with Crippen LogP contribution in [0.15, 0.2) is 60.9 Å². The summed E-state index contributed by atoms with van der Waals surface area (Å²) in [6, 6.07) is 16.0. The summed E-state index contributed by atoms with van der Waals surface area (Å²) in [6.07, 6.45) is 8.48. The van der Waals surface area contributed by atoms with E-state index in [9.17, 15) is 9.90 Å². The lowest BCUT2D eigenvalue weighted by molar-refractivity contribution is 0.0206. The lowest BCUT2D eigenvalue weighted by Crippen LogP contribution is -2.47. The smallest absolute Gasteiger partial charge is 0.410 e. The van der Waals surface area contributed by atoms with Gasteiger partial charge in [-0.2, -0.15) is 0 Å². The molecular weight excluding hydrogens is 580 g/mol. The minimum Gasteiger partial charge on any atom is -0.444 e. The summed E-state index contributed by atoms with van der Waals surface area (Å²) >= 11 is 0. The van der Waals surface area contributed by atoms with Gasteiger partial charge in [-0.15, -0.1) is 0 Å². The molecule has 10 nitrogen and oxygen atoms in total. The molecule has 46 heavy (non-hydrogen) atoms. The van der Waals surface area contributed by atoms with E-state index < -0.39 is 5.60 Å². The van der Waals surface area contributed by atoms with Crippen LogP contribution in [0.4, 0.5) is 16.4 Å². The molecule has 0 radical (unpaired) electrons. The molecule has 2 aromatic carbocycles. The average molecular weight is 625 g/mol. The Morgan fingerprint density at radius 2 is 1.78 bits per heavy atom. The Bertz CT molecular complexity index is 1690. The molecule has 242 valence electrons. The number of hydrogen-bond acceptors (Lipinski definition) is 9. The molecule has 1 saturated heterocycles. The van der Waals surface area contributed by atoms with Gasteiger partial charge in [0.15, 0.2) is 0 Å². The quantitative estimate of drug-likeness (QED) is 0.194. The van der Waals surface area contributed by atoms with Crippen molar-refractivity contribution in [2.45, 2.75) is 90.0 Å². The Balaban J connectivity index is 1.23. The van der Waals surface area contributed by atoms with Crippen molar-refractivity contribution in [3.63, 3.8) is 0 Å². The zero-order valence-corrected chi connectivity index (χ0v) is 27.1. The van der Waals surface area contributed by atoms with E-state index in [4.69, 9.17) is 14.5 Å². The van der Waals surface area contributed by atoms with Crippen LogP contribution in [0.25, 0.3) is 22.0 Å². The number of aryl methyl sites for hydroxylation is 1. The minimum absolute atomic E-state index is 0.00278. The number of carbonyl (C=O) groups is 1. The fraction of sp³-hybridized carbons (Fsp3) is 0.444. The highest BCUT2D eigenvalue weighted by molar-refractivity contribution is 5.98. The maximum absolute atomic E-state index is 12.7. The summed E-state index contributed by atoms with van der Waals surface area (Å²) in [5.41, 5.74) is 2.83. The molecule has 2 aromatic heterocycles. The van der Waals surface area contributed by atoms with Crippen molar-refractivity contribution in [3.8, 4) is 22.9 Å². The van der Waals surface area contributed by atoms with E-state index >= 15 is 0 Å². The van der Waals surface area contributed by atoms with Gasteiger partial charge in [0.25, 0.3) is 0 Å². The van der Waals surface area contributed by atoms with Gasteiger partial charge in [0.2, 0.25) is 11.8 Å². The maximum Gasteiger partial charge on any atom is 0.410 e. The summed E-state index contributed by atoms with van der Waals surface area (Å²) in [6.45, 7) is 8.83. The minimum atomic E-state index is -0.541. The second kappa shape index (κ2) is 13.5. The first-order valence-corrected chi connectivity index (χ1v) is 16.3. The van der Waals surface area contributed by atoms with Crippen LogP contribution < -0.4 is 15.4 Å². The predicted octanol–water partition coefficient (Wildman–Crippen LogP) is 7.32. The van der Waals surface area contributed by atoms with E-state index in [2.05, 4.69) is 44.9 Å². The fourth-order valence-corrected chi connectivity index (χ4v) is 6.29. The molecule has 2 fully saturated rings. The van der Waals surface area contributed by atoms with Crippen LogP contribution in [-0.4, -0.2) is 67.9 Å². The number of carbonyl (C=O) groups excluding carboxylic acids is 1. The number of likely N-dealkylation sites (tertiary alicyclic amines) is 1.